The van der Waals surface area contributed by atoms with Gasteiger partial charge in [-0.3, -0.25) is 4.90 Å². The van der Waals surface area contributed by atoms with Crippen LogP contribution in [0.2, 0.25) is 0 Å². The number of fused-ring (bicyclic) bond motifs is 1. The second-order valence-electron chi connectivity index (χ2n) is 8.83. The van der Waals surface area contributed by atoms with E-state index in [2.05, 4.69) is 76.9 Å². The fourth-order valence-corrected chi connectivity index (χ4v) is 4.90. The number of rotatable bonds is 6. The molecule has 1 aliphatic rings. The van der Waals surface area contributed by atoms with E-state index in [-0.39, 0.29) is 11.9 Å². The first-order chi connectivity index (χ1) is 15.7. The smallest absolute Gasteiger partial charge is 0.123 e. The number of nitrogens with zero attached hydrogens (tertiary/aromatic N) is 1. The van der Waals surface area contributed by atoms with E-state index in [1.54, 1.807) is 12.1 Å². The molecule has 1 atom stereocenters. The molecule has 162 valence electrons. The van der Waals surface area contributed by atoms with Crippen molar-refractivity contribution < 1.29 is 4.39 Å². The molecule has 1 saturated heterocycles. The SMILES string of the molecule is Fc1ccc(C(Nc2ccccc2)C2CCN(Cc3ccc4ccccc4c3)CC2)cc1. The zero-order valence-electron chi connectivity index (χ0n) is 18.3. The van der Waals surface area contributed by atoms with Crippen LogP contribution in [0.5, 0.6) is 0 Å². The number of hydrogen-bond donors (Lipinski definition) is 1. The van der Waals surface area contributed by atoms with Gasteiger partial charge in [-0.2, -0.15) is 0 Å². The van der Waals surface area contributed by atoms with Crippen LogP contribution >= 0.6 is 0 Å². The maximum Gasteiger partial charge on any atom is 0.123 e. The molecule has 0 aliphatic carbocycles. The van der Waals surface area contributed by atoms with E-state index in [0.717, 1.165) is 43.7 Å². The highest BCUT2D eigenvalue weighted by molar-refractivity contribution is 5.82. The number of piperidine rings is 1. The van der Waals surface area contributed by atoms with Gasteiger partial charge in [0.15, 0.2) is 0 Å². The summed E-state index contributed by atoms with van der Waals surface area (Å²) in [5, 5.41) is 6.33. The number of para-hydroxylation sites is 1. The molecule has 5 rings (SSSR count). The Bertz CT molecular complexity index is 1150. The minimum absolute atomic E-state index is 0.181. The maximum atomic E-state index is 13.5. The first kappa shape index (κ1) is 20.7. The van der Waals surface area contributed by atoms with E-state index in [1.165, 1.54) is 16.3 Å². The molecule has 0 spiro atoms. The predicted molar refractivity (Wildman–Crippen MR) is 131 cm³/mol. The monoisotopic (exact) mass is 424 g/mol. The van der Waals surface area contributed by atoms with Gasteiger partial charge in [0, 0.05) is 12.2 Å². The zero-order chi connectivity index (χ0) is 21.8. The Morgan fingerprint density at radius 2 is 1.47 bits per heavy atom. The lowest BCUT2D eigenvalue weighted by Crippen LogP contribution is -2.36. The summed E-state index contributed by atoms with van der Waals surface area (Å²) in [6.07, 6.45) is 2.24. The topological polar surface area (TPSA) is 15.3 Å². The van der Waals surface area contributed by atoms with Crippen LogP contribution in [0.1, 0.15) is 30.0 Å². The van der Waals surface area contributed by atoms with Gasteiger partial charge in [0.05, 0.1) is 6.04 Å². The number of nitrogens with one attached hydrogen (secondary N) is 1. The Hall–Kier alpha value is -3.17. The molecule has 0 radical (unpaired) electrons. The Morgan fingerprint density at radius 1 is 0.781 bits per heavy atom. The lowest BCUT2D eigenvalue weighted by molar-refractivity contribution is 0.166. The van der Waals surface area contributed by atoms with Gasteiger partial charge in [0.25, 0.3) is 0 Å². The third kappa shape index (κ3) is 4.84. The number of halogens is 1. The lowest BCUT2D eigenvalue weighted by Gasteiger charge is -2.37. The molecule has 1 aliphatic heterocycles. The molecule has 1 unspecified atom stereocenters. The number of likely N-dealkylation sites (tertiary alicyclic amines) is 1. The summed E-state index contributed by atoms with van der Waals surface area (Å²) in [4.78, 5) is 2.56. The number of anilines is 1. The molecule has 3 heteroatoms. The van der Waals surface area contributed by atoms with Gasteiger partial charge in [-0.1, -0.05) is 66.7 Å². The van der Waals surface area contributed by atoms with Crippen LogP contribution in [0.4, 0.5) is 10.1 Å². The van der Waals surface area contributed by atoms with Crippen LogP contribution < -0.4 is 5.32 Å². The van der Waals surface area contributed by atoms with Crippen LogP contribution in [0, 0.1) is 11.7 Å². The summed E-state index contributed by atoms with van der Waals surface area (Å²) >= 11 is 0. The molecule has 0 saturated carbocycles. The fourth-order valence-electron chi connectivity index (χ4n) is 4.90. The molecule has 1 heterocycles. The summed E-state index contributed by atoms with van der Waals surface area (Å²) in [6, 6.07) is 32.9. The summed E-state index contributed by atoms with van der Waals surface area (Å²) in [6.45, 7) is 3.14. The van der Waals surface area contributed by atoms with Crippen LogP contribution in [-0.2, 0) is 6.54 Å². The van der Waals surface area contributed by atoms with Crippen molar-refractivity contribution in [2.75, 3.05) is 18.4 Å². The normalized spacial score (nSPS) is 16.2. The van der Waals surface area contributed by atoms with E-state index in [1.807, 2.05) is 18.2 Å². The quantitative estimate of drug-likeness (QED) is 0.357. The van der Waals surface area contributed by atoms with Gasteiger partial charge in [-0.15, -0.1) is 0 Å². The van der Waals surface area contributed by atoms with Crippen LogP contribution in [0.15, 0.2) is 97.1 Å². The van der Waals surface area contributed by atoms with Crippen molar-refractivity contribution >= 4 is 16.5 Å². The molecule has 1 fully saturated rings. The highest BCUT2D eigenvalue weighted by Gasteiger charge is 2.28. The Balaban J connectivity index is 1.27. The first-order valence-corrected chi connectivity index (χ1v) is 11.5. The van der Waals surface area contributed by atoms with Gasteiger partial charge >= 0.3 is 0 Å². The van der Waals surface area contributed by atoms with Crippen molar-refractivity contribution in [3.63, 3.8) is 0 Å². The third-order valence-corrected chi connectivity index (χ3v) is 6.65. The minimum Gasteiger partial charge on any atom is -0.378 e. The number of benzene rings is 4. The molecule has 4 aromatic rings. The van der Waals surface area contributed by atoms with E-state index >= 15 is 0 Å². The summed E-state index contributed by atoms with van der Waals surface area (Å²) in [5.41, 5.74) is 3.64. The van der Waals surface area contributed by atoms with Gasteiger partial charge in [0.1, 0.15) is 5.82 Å². The molecule has 2 nitrogen and oxygen atoms in total. The summed E-state index contributed by atoms with van der Waals surface area (Å²) in [5.74, 6) is 0.325. The molecule has 0 aromatic heterocycles. The second-order valence-corrected chi connectivity index (χ2v) is 8.83. The molecular formula is C29H29FN2. The summed E-state index contributed by atoms with van der Waals surface area (Å²) in [7, 11) is 0. The van der Waals surface area contributed by atoms with Crippen molar-refractivity contribution in [1.82, 2.24) is 4.90 Å². The van der Waals surface area contributed by atoms with E-state index in [4.69, 9.17) is 0 Å². The van der Waals surface area contributed by atoms with Crippen LogP contribution in [0.3, 0.4) is 0 Å². The molecule has 0 amide bonds. The zero-order valence-corrected chi connectivity index (χ0v) is 18.3. The van der Waals surface area contributed by atoms with E-state index in [0.29, 0.717) is 5.92 Å². The molecule has 4 aromatic carbocycles. The Kier molecular flexibility index (Phi) is 6.17. The maximum absolute atomic E-state index is 13.5. The molecular weight excluding hydrogens is 395 g/mol. The van der Waals surface area contributed by atoms with Crippen LogP contribution in [0.25, 0.3) is 10.8 Å². The summed E-state index contributed by atoms with van der Waals surface area (Å²) < 4.78 is 13.5. The third-order valence-electron chi connectivity index (χ3n) is 6.65. The average Bonchev–Trinajstić information content (AvgIpc) is 2.84. The van der Waals surface area contributed by atoms with Gasteiger partial charge < -0.3 is 5.32 Å². The Labute approximate surface area is 189 Å². The van der Waals surface area contributed by atoms with Gasteiger partial charge in [-0.25, -0.2) is 4.39 Å². The molecule has 32 heavy (non-hydrogen) atoms. The standard InChI is InChI=1S/C29H29FN2/c30-27-14-12-24(13-15-27)29(31-28-8-2-1-3-9-28)25-16-18-32(19-17-25)21-22-10-11-23-6-4-5-7-26(23)20-22/h1-15,20,25,29,31H,16-19,21H2. The lowest BCUT2D eigenvalue weighted by atomic mass is 9.85. The van der Waals surface area contributed by atoms with Crippen molar-refractivity contribution in [2.45, 2.75) is 25.4 Å². The first-order valence-electron chi connectivity index (χ1n) is 11.5. The van der Waals surface area contributed by atoms with Crippen molar-refractivity contribution in [2.24, 2.45) is 5.92 Å². The van der Waals surface area contributed by atoms with Crippen molar-refractivity contribution in [1.29, 1.82) is 0 Å². The highest BCUT2D eigenvalue weighted by atomic mass is 19.1. The van der Waals surface area contributed by atoms with Crippen LogP contribution in [-0.4, -0.2) is 18.0 Å². The fraction of sp³-hybridized carbons (Fsp3) is 0.241. The van der Waals surface area contributed by atoms with Gasteiger partial charge in [0.2, 0.25) is 0 Å². The predicted octanol–water partition coefficient (Wildman–Crippen LogP) is 7.04. The minimum atomic E-state index is -0.183. The van der Waals surface area contributed by atoms with Gasteiger partial charge in [-0.05, 0) is 84.1 Å². The van der Waals surface area contributed by atoms with E-state index < -0.39 is 0 Å². The van der Waals surface area contributed by atoms with Crippen molar-refractivity contribution in [3.8, 4) is 0 Å². The second kappa shape index (κ2) is 9.54. The highest BCUT2D eigenvalue weighted by Crippen LogP contribution is 2.34. The molecule has 0 bridgehead atoms. The van der Waals surface area contributed by atoms with E-state index in [9.17, 15) is 4.39 Å². The Morgan fingerprint density at radius 3 is 2.22 bits per heavy atom. The molecule has 1 N–H and O–H groups in total. The average molecular weight is 425 g/mol. The van der Waals surface area contributed by atoms with Crippen molar-refractivity contribution in [3.05, 3.63) is 114 Å². The number of hydrogen-bond acceptors (Lipinski definition) is 2. The largest absolute Gasteiger partial charge is 0.378 e.